The molecule has 0 saturated carbocycles. The topological polar surface area (TPSA) is 59.2 Å². The number of carbonyl (C=O) groups excluding carboxylic acids is 1. The standard InChI is InChI=1S/C12H19N3OS2/c1-8-5-15(6-9(2)18-8)12(16)10-7-17-11(14-10)3-4-13/h7-9H,3-6,13H2,1-2H3. The lowest BCUT2D eigenvalue weighted by Crippen LogP contribution is -2.44. The number of nitrogens with two attached hydrogens (primary N) is 1. The van der Waals surface area contributed by atoms with Gasteiger partial charge in [-0.15, -0.1) is 11.3 Å². The molecule has 0 bridgehead atoms. The molecule has 2 N–H and O–H groups in total. The fraction of sp³-hybridized carbons (Fsp3) is 0.667. The summed E-state index contributed by atoms with van der Waals surface area (Å²) in [5.41, 5.74) is 6.07. The quantitative estimate of drug-likeness (QED) is 0.916. The molecule has 1 amide bonds. The molecular formula is C12H19N3OS2. The van der Waals surface area contributed by atoms with E-state index in [2.05, 4.69) is 18.8 Å². The van der Waals surface area contributed by atoms with Crippen LogP contribution in [-0.4, -0.2) is 45.9 Å². The van der Waals surface area contributed by atoms with Gasteiger partial charge in [-0.05, 0) is 6.54 Å². The highest BCUT2D eigenvalue weighted by molar-refractivity contribution is 8.00. The van der Waals surface area contributed by atoms with Crippen LogP contribution in [0.4, 0.5) is 0 Å². The first kappa shape index (κ1) is 13.8. The molecule has 18 heavy (non-hydrogen) atoms. The van der Waals surface area contributed by atoms with Crippen molar-refractivity contribution in [2.75, 3.05) is 19.6 Å². The number of nitrogens with zero attached hydrogens (tertiary/aromatic N) is 2. The van der Waals surface area contributed by atoms with Gasteiger partial charge in [-0.3, -0.25) is 4.79 Å². The van der Waals surface area contributed by atoms with E-state index in [0.717, 1.165) is 24.5 Å². The Balaban J connectivity index is 2.05. The Hall–Kier alpha value is -0.590. The molecule has 1 aromatic heterocycles. The number of hydrogen-bond acceptors (Lipinski definition) is 5. The molecule has 4 nitrogen and oxygen atoms in total. The van der Waals surface area contributed by atoms with Crippen molar-refractivity contribution in [2.45, 2.75) is 30.8 Å². The van der Waals surface area contributed by atoms with Crippen molar-refractivity contribution < 1.29 is 4.79 Å². The summed E-state index contributed by atoms with van der Waals surface area (Å²) in [6.07, 6.45) is 0.751. The molecule has 1 saturated heterocycles. The van der Waals surface area contributed by atoms with Crippen molar-refractivity contribution in [1.82, 2.24) is 9.88 Å². The lowest BCUT2D eigenvalue weighted by Gasteiger charge is -2.34. The number of thiazole rings is 1. The predicted molar refractivity (Wildman–Crippen MR) is 77.3 cm³/mol. The lowest BCUT2D eigenvalue weighted by molar-refractivity contribution is 0.0748. The molecule has 0 spiro atoms. The van der Waals surface area contributed by atoms with Crippen molar-refractivity contribution in [1.29, 1.82) is 0 Å². The summed E-state index contributed by atoms with van der Waals surface area (Å²) in [4.78, 5) is 18.6. The van der Waals surface area contributed by atoms with Crippen LogP contribution < -0.4 is 5.73 Å². The van der Waals surface area contributed by atoms with Crippen molar-refractivity contribution in [3.63, 3.8) is 0 Å². The number of aromatic nitrogens is 1. The van der Waals surface area contributed by atoms with E-state index in [-0.39, 0.29) is 5.91 Å². The summed E-state index contributed by atoms with van der Waals surface area (Å²) in [6.45, 7) is 6.55. The van der Waals surface area contributed by atoms with Crippen molar-refractivity contribution in [3.05, 3.63) is 16.1 Å². The Kier molecular flexibility index (Phi) is 4.64. The second-order valence-corrected chi connectivity index (χ2v) is 7.46. The van der Waals surface area contributed by atoms with Gasteiger partial charge in [0.1, 0.15) is 5.69 Å². The molecule has 100 valence electrons. The normalized spacial score (nSPS) is 24.3. The third kappa shape index (κ3) is 3.24. The second kappa shape index (κ2) is 6.04. The van der Waals surface area contributed by atoms with E-state index in [0.29, 0.717) is 22.7 Å². The molecule has 0 aliphatic carbocycles. The van der Waals surface area contributed by atoms with Crippen LogP contribution >= 0.6 is 23.1 Å². The largest absolute Gasteiger partial charge is 0.335 e. The Labute approximate surface area is 116 Å². The van der Waals surface area contributed by atoms with Gasteiger partial charge in [0.15, 0.2) is 0 Å². The van der Waals surface area contributed by atoms with Gasteiger partial charge in [-0.1, -0.05) is 13.8 Å². The Morgan fingerprint density at radius 2 is 2.17 bits per heavy atom. The zero-order valence-corrected chi connectivity index (χ0v) is 12.4. The fourth-order valence-corrected chi connectivity index (χ4v) is 4.27. The highest BCUT2D eigenvalue weighted by Crippen LogP contribution is 2.26. The Morgan fingerprint density at radius 3 is 2.78 bits per heavy atom. The molecule has 1 aliphatic heterocycles. The van der Waals surface area contributed by atoms with Crippen LogP contribution in [0.5, 0.6) is 0 Å². The maximum absolute atomic E-state index is 12.3. The SMILES string of the molecule is CC1CN(C(=O)c2csc(CCN)n2)CC(C)S1. The van der Waals surface area contributed by atoms with Crippen LogP contribution in [0.15, 0.2) is 5.38 Å². The molecule has 2 unspecified atom stereocenters. The minimum absolute atomic E-state index is 0.0634. The maximum atomic E-state index is 12.3. The van der Waals surface area contributed by atoms with Gasteiger partial charge in [-0.2, -0.15) is 11.8 Å². The van der Waals surface area contributed by atoms with Gasteiger partial charge in [0.05, 0.1) is 5.01 Å². The number of thioether (sulfide) groups is 1. The first-order chi connectivity index (χ1) is 8.60. The third-order valence-electron chi connectivity index (χ3n) is 2.84. The van der Waals surface area contributed by atoms with Crippen LogP contribution in [-0.2, 0) is 6.42 Å². The lowest BCUT2D eigenvalue weighted by atomic mass is 10.3. The summed E-state index contributed by atoms with van der Waals surface area (Å²) >= 11 is 3.47. The first-order valence-electron chi connectivity index (χ1n) is 6.19. The molecule has 1 aliphatic rings. The van der Waals surface area contributed by atoms with Crippen molar-refractivity contribution >= 4 is 29.0 Å². The zero-order chi connectivity index (χ0) is 13.1. The van der Waals surface area contributed by atoms with Crippen LogP contribution in [0.25, 0.3) is 0 Å². The number of amides is 1. The second-order valence-electron chi connectivity index (χ2n) is 4.63. The number of rotatable bonds is 3. The highest BCUT2D eigenvalue weighted by atomic mass is 32.2. The first-order valence-corrected chi connectivity index (χ1v) is 8.01. The van der Waals surface area contributed by atoms with E-state index in [1.54, 1.807) is 0 Å². The van der Waals surface area contributed by atoms with Crippen LogP contribution in [0.1, 0.15) is 29.3 Å². The average molecular weight is 285 g/mol. The van der Waals surface area contributed by atoms with Crippen molar-refractivity contribution in [2.24, 2.45) is 5.73 Å². The van der Waals surface area contributed by atoms with Gasteiger partial charge >= 0.3 is 0 Å². The van der Waals surface area contributed by atoms with Crippen LogP contribution in [0.2, 0.25) is 0 Å². The van der Waals surface area contributed by atoms with E-state index < -0.39 is 0 Å². The number of hydrogen-bond donors (Lipinski definition) is 1. The molecule has 1 aromatic rings. The summed E-state index contributed by atoms with van der Waals surface area (Å²) in [5.74, 6) is 0.0634. The maximum Gasteiger partial charge on any atom is 0.273 e. The molecule has 2 rings (SSSR count). The summed E-state index contributed by atoms with van der Waals surface area (Å²) < 4.78 is 0. The molecule has 1 fully saturated rings. The van der Waals surface area contributed by atoms with E-state index in [1.807, 2.05) is 22.0 Å². The van der Waals surface area contributed by atoms with E-state index >= 15 is 0 Å². The molecule has 0 aromatic carbocycles. The van der Waals surface area contributed by atoms with Gasteiger partial charge in [0, 0.05) is 35.4 Å². The molecule has 2 heterocycles. The zero-order valence-electron chi connectivity index (χ0n) is 10.8. The van der Waals surface area contributed by atoms with Crippen LogP contribution in [0.3, 0.4) is 0 Å². The molecule has 2 atom stereocenters. The number of carbonyl (C=O) groups is 1. The third-order valence-corrected chi connectivity index (χ3v) is 4.97. The minimum Gasteiger partial charge on any atom is -0.335 e. The van der Waals surface area contributed by atoms with E-state index in [4.69, 9.17) is 5.73 Å². The molecule has 0 radical (unpaired) electrons. The average Bonchev–Trinajstić information content (AvgIpc) is 2.76. The van der Waals surface area contributed by atoms with Gasteiger partial charge < -0.3 is 10.6 Å². The van der Waals surface area contributed by atoms with E-state index in [9.17, 15) is 4.79 Å². The van der Waals surface area contributed by atoms with Crippen molar-refractivity contribution in [3.8, 4) is 0 Å². The molecule has 6 heteroatoms. The van der Waals surface area contributed by atoms with Gasteiger partial charge in [0.25, 0.3) is 5.91 Å². The monoisotopic (exact) mass is 285 g/mol. The molecular weight excluding hydrogens is 266 g/mol. The van der Waals surface area contributed by atoms with Crippen LogP contribution in [0, 0.1) is 0 Å². The summed E-state index contributed by atoms with van der Waals surface area (Å²) in [7, 11) is 0. The van der Waals surface area contributed by atoms with E-state index in [1.165, 1.54) is 11.3 Å². The Morgan fingerprint density at radius 1 is 1.50 bits per heavy atom. The Bertz CT molecular complexity index is 411. The summed E-state index contributed by atoms with van der Waals surface area (Å²) in [5, 5.41) is 3.80. The predicted octanol–water partition coefficient (Wildman–Crippen LogP) is 1.61. The van der Waals surface area contributed by atoms with Gasteiger partial charge in [-0.25, -0.2) is 4.98 Å². The summed E-state index contributed by atoms with van der Waals surface area (Å²) in [6, 6.07) is 0. The fourth-order valence-electron chi connectivity index (χ4n) is 2.15. The smallest absolute Gasteiger partial charge is 0.273 e. The van der Waals surface area contributed by atoms with Gasteiger partial charge in [0.2, 0.25) is 0 Å². The highest BCUT2D eigenvalue weighted by Gasteiger charge is 2.27. The minimum atomic E-state index is 0.0634.